The van der Waals surface area contributed by atoms with Crippen LogP contribution in [0.15, 0.2) is 72.0 Å². The summed E-state index contributed by atoms with van der Waals surface area (Å²) in [4.78, 5) is 17.1. The maximum Gasteiger partial charge on any atom is 0.416 e. The predicted molar refractivity (Wildman–Crippen MR) is 122 cm³/mol. The molecular weight excluding hydrogens is 475 g/mol. The Labute approximate surface area is 195 Å². The number of carbonyl (C=O) groups excluding carboxylic acids is 1. The van der Waals surface area contributed by atoms with Gasteiger partial charge in [0.2, 0.25) is 0 Å². The minimum atomic E-state index is -4.47. The second-order valence-corrected chi connectivity index (χ2v) is 8.54. The van der Waals surface area contributed by atoms with Crippen molar-refractivity contribution in [1.29, 1.82) is 0 Å². The van der Waals surface area contributed by atoms with Crippen molar-refractivity contribution in [2.45, 2.75) is 12.8 Å². The molecule has 0 aliphatic heterocycles. The molecule has 1 heterocycles. The maximum atomic E-state index is 12.7. The number of amides is 1. The Kier molecular flexibility index (Phi) is 6.62. The Balaban J connectivity index is 1.54. The summed E-state index contributed by atoms with van der Waals surface area (Å²) in [5.74, 6) is -0.104. The normalized spacial score (nSPS) is 11.8. The zero-order valence-corrected chi connectivity index (χ0v) is 18.3. The van der Waals surface area contributed by atoms with Crippen molar-refractivity contribution in [3.05, 3.63) is 92.9 Å². The van der Waals surface area contributed by atoms with E-state index in [9.17, 15) is 18.0 Å². The van der Waals surface area contributed by atoms with Crippen molar-refractivity contribution in [2.75, 3.05) is 0 Å². The summed E-state index contributed by atoms with van der Waals surface area (Å²) in [6.45, 7) is 0.251. The summed E-state index contributed by atoms with van der Waals surface area (Å²) >= 11 is 7.17. The number of benzene rings is 3. The Bertz CT molecular complexity index is 1320. The molecule has 5 nitrogen and oxygen atoms in total. The number of thiazole rings is 1. The lowest BCUT2D eigenvalue weighted by molar-refractivity contribution is -0.137. The van der Waals surface area contributed by atoms with E-state index in [0.29, 0.717) is 15.8 Å². The molecule has 3 aromatic carbocycles. The molecule has 0 aliphatic rings. The number of rotatable bonds is 6. The highest BCUT2D eigenvalue weighted by Crippen LogP contribution is 2.30. The summed E-state index contributed by atoms with van der Waals surface area (Å²) in [5.41, 5.74) is 2.20. The number of ether oxygens (including phenoxy) is 1. The van der Waals surface area contributed by atoms with Gasteiger partial charge >= 0.3 is 6.18 Å². The molecule has 0 fully saturated rings. The Hall–Kier alpha value is -3.43. The lowest BCUT2D eigenvalue weighted by atomic mass is 10.0. The topological polar surface area (TPSA) is 63.6 Å². The van der Waals surface area contributed by atoms with E-state index >= 15 is 0 Å². The molecule has 0 radical (unpaired) electrons. The van der Waals surface area contributed by atoms with Crippen molar-refractivity contribution in [2.24, 2.45) is 5.10 Å². The molecule has 1 amide bonds. The fourth-order valence-corrected chi connectivity index (χ4v) is 3.96. The van der Waals surface area contributed by atoms with Crippen molar-refractivity contribution in [1.82, 2.24) is 10.4 Å². The fraction of sp³-hybridized carbons (Fsp3) is 0.0870. The van der Waals surface area contributed by atoms with Crippen LogP contribution < -0.4 is 10.2 Å². The fourth-order valence-electron chi connectivity index (χ4n) is 3.06. The number of hydrogen-bond acceptors (Lipinski definition) is 5. The molecule has 0 saturated carbocycles. The number of hydrazone groups is 1. The number of nitrogens with zero attached hydrogens (tertiary/aromatic N) is 2. The van der Waals surface area contributed by atoms with Crippen LogP contribution in [0.2, 0.25) is 4.47 Å². The second-order valence-electron chi connectivity index (χ2n) is 6.84. The zero-order valence-electron chi connectivity index (χ0n) is 16.8. The molecule has 1 aromatic heterocycles. The summed E-state index contributed by atoms with van der Waals surface area (Å²) in [7, 11) is 0. The number of alkyl halides is 3. The van der Waals surface area contributed by atoms with Crippen molar-refractivity contribution < 1.29 is 22.7 Å². The van der Waals surface area contributed by atoms with Crippen molar-refractivity contribution in [3.63, 3.8) is 0 Å². The minimum absolute atomic E-state index is 0.0524. The van der Waals surface area contributed by atoms with E-state index < -0.39 is 17.6 Å². The van der Waals surface area contributed by atoms with Crippen LogP contribution in [-0.4, -0.2) is 17.1 Å². The molecule has 0 atom stereocenters. The Morgan fingerprint density at radius 2 is 1.88 bits per heavy atom. The largest absolute Gasteiger partial charge is 0.487 e. The van der Waals surface area contributed by atoms with Gasteiger partial charge in [-0.05, 0) is 41.1 Å². The van der Waals surface area contributed by atoms with Gasteiger partial charge in [0.25, 0.3) is 5.91 Å². The Morgan fingerprint density at radius 1 is 1.12 bits per heavy atom. The molecule has 168 valence electrons. The highest BCUT2D eigenvalue weighted by Gasteiger charge is 2.30. The summed E-state index contributed by atoms with van der Waals surface area (Å²) in [6, 6.07) is 15.2. The van der Waals surface area contributed by atoms with Gasteiger partial charge in [-0.3, -0.25) is 4.79 Å². The first-order chi connectivity index (χ1) is 15.8. The molecule has 1 N–H and O–H groups in total. The smallest absolute Gasteiger partial charge is 0.416 e. The molecule has 0 unspecified atom stereocenters. The van der Waals surface area contributed by atoms with E-state index in [-0.39, 0.29) is 12.2 Å². The van der Waals surface area contributed by atoms with Crippen LogP contribution in [0.3, 0.4) is 0 Å². The molecule has 0 bridgehead atoms. The highest BCUT2D eigenvalue weighted by molar-refractivity contribution is 7.15. The molecule has 4 rings (SSSR count). The van der Waals surface area contributed by atoms with Crippen LogP contribution in [0, 0.1) is 0 Å². The van der Waals surface area contributed by atoms with E-state index in [0.717, 1.165) is 39.9 Å². The van der Waals surface area contributed by atoms with Crippen LogP contribution in [-0.2, 0) is 12.8 Å². The van der Waals surface area contributed by atoms with Crippen molar-refractivity contribution in [3.8, 4) is 5.75 Å². The number of hydrogen-bond donors (Lipinski definition) is 1. The van der Waals surface area contributed by atoms with Gasteiger partial charge in [-0.25, -0.2) is 10.4 Å². The molecule has 10 heteroatoms. The maximum absolute atomic E-state index is 12.7. The van der Waals surface area contributed by atoms with Gasteiger partial charge < -0.3 is 4.74 Å². The van der Waals surface area contributed by atoms with Crippen LogP contribution in [0.25, 0.3) is 10.8 Å². The average molecular weight is 490 g/mol. The molecule has 0 saturated heterocycles. The lowest BCUT2D eigenvalue weighted by Crippen LogP contribution is -2.18. The van der Waals surface area contributed by atoms with Gasteiger partial charge in [-0.2, -0.15) is 18.3 Å². The zero-order chi connectivity index (χ0) is 23.4. The van der Waals surface area contributed by atoms with E-state index in [1.54, 1.807) is 12.3 Å². The van der Waals surface area contributed by atoms with E-state index in [1.165, 1.54) is 17.6 Å². The first-order valence-electron chi connectivity index (χ1n) is 9.57. The molecule has 33 heavy (non-hydrogen) atoms. The van der Waals surface area contributed by atoms with Gasteiger partial charge in [0, 0.05) is 17.3 Å². The summed E-state index contributed by atoms with van der Waals surface area (Å²) < 4.78 is 44.5. The van der Waals surface area contributed by atoms with Gasteiger partial charge in [0.1, 0.15) is 12.4 Å². The van der Waals surface area contributed by atoms with E-state index in [2.05, 4.69) is 15.5 Å². The number of halogens is 4. The third-order valence-corrected chi connectivity index (χ3v) is 5.75. The quantitative estimate of drug-likeness (QED) is 0.255. The van der Waals surface area contributed by atoms with Crippen LogP contribution >= 0.6 is 22.9 Å². The average Bonchev–Trinajstić information content (AvgIpc) is 3.22. The number of carbonyl (C=O) groups is 1. The van der Waals surface area contributed by atoms with Crippen LogP contribution in [0.4, 0.5) is 13.2 Å². The van der Waals surface area contributed by atoms with E-state index in [1.807, 2.05) is 30.3 Å². The molecule has 4 aromatic rings. The first-order valence-corrected chi connectivity index (χ1v) is 10.8. The molecule has 0 spiro atoms. The van der Waals surface area contributed by atoms with Gasteiger partial charge in [0.05, 0.1) is 16.7 Å². The van der Waals surface area contributed by atoms with Gasteiger partial charge in [0.15, 0.2) is 4.47 Å². The Morgan fingerprint density at radius 3 is 2.58 bits per heavy atom. The first kappa shape index (κ1) is 22.8. The number of aromatic nitrogens is 1. The number of fused-ring (bicyclic) bond motifs is 1. The third-order valence-electron chi connectivity index (χ3n) is 4.66. The molecule has 0 aliphatic carbocycles. The summed E-state index contributed by atoms with van der Waals surface area (Å²) in [6.07, 6.45) is -1.40. The molecular formula is C23H15ClF3N3O2S. The summed E-state index contributed by atoms with van der Waals surface area (Å²) in [5, 5.41) is 5.80. The van der Waals surface area contributed by atoms with Gasteiger partial charge in [-0.15, -0.1) is 11.3 Å². The van der Waals surface area contributed by atoms with E-state index in [4.69, 9.17) is 16.3 Å². The van der Waals surface area contributed by atoms with Gasteiger partial charge in [-0.1, -0.05) is 41.9 Å². The second kappa shape index (κ2) is 9.60. The third kappa shape index (κ3) is 5.50. The minimum Gasteiger partial charge on any atom is -0.487 e. The highest BCUT2D eigenvalue weighted by atomic mass is 35.5. The standard InChI is InChI=1S/C23H15ClF3N3O2S/c24-22-28-11-17(33-22)13-32-20-10-7-14-3-1-2-4-18(14)19(20)12-29-30-21(31)15-5-8-16(9-6-15)23(25,26)27/h1-12H,13H2,(H,30,31). The lowest BCUT2D eigenvalue weighted by Gasteiger charge is -2.11. The van der Waals surface area contributed by atoms with Crippen LogP contribution in [0.1, 0.15) is 26.4 Å². The number of nitrogens with one attached hydrogen (secondary N) is 1. The van der Waals surface area contributed by atoms with Crippen LogP contribution in [0.5, 0.6) is 5.75 Å². The van der Waals surface area contributed by atoms with Crippen molar-refractivity contribution >= 4 is 45.8 Å². The SMILES string of the molecule is O=C(NN=Cc1c(OCc2cnc(Cl)s2)ccc2ccccc12)c1ccc(C(F)(F)F)cc1. The monoisotopic (exact) mass is 489 g/mol. The predicted octanol–water partition coefficient (Wildman–Crippen LogP) is 6.31.